The van der Waals surface area contributed by atoms with Crippen molar-refractivity contribution in [3.05, 3.63) is 57.6 Å². The summed E-state index contributed by atoms with van der Waals surface area (Å²) in [5.74, 6) is 1.88. The average Bonchev–Trinajstić information content (AvgIpc) is 2.65. The third-order valence-electron chi connectivity index (χ3n) is 4.46. The van der Waals surface area contributed by atoms with Gasteiger partial charge in [-0.3, -0.25) is 4.79 Å². The average molecular weight is 387 g/mol. The van der Waals surface area contributed by atoms with Crippen LogP contribution in [0.4, 0.5) is 0 Å². The highest BCUT2D eigenvalue weighted by Gasteiger charge is 2.23. The van der Waals surface area contributed by atoms with E-state index in [0.29, 0.717) is 22.9 Å². The van der Waals surface area contributed by atoms with E-state index >= 15 is 0 Å². The molecule has 0 radical (unpaired) electrons. The van der Waals surface area contributed by atoms with Gasteiger partial charge in [0.2, 0.25) is 0 Å². The molecule has 0 heterocycles. The van der Waals surface area contributed by atoms with E-state index in [0.717, 1.165) is 34.4 Å². The Labute approximate surface area is 164 Å². The third-order valence-corrected chi connectivity index (χ3v) is 4.74. The number of methoxy groups -OCH3 is 2. The normalized spacial score (nSPS) is 15.0. The first-order chi connectivity index (χ1) is 12.9. The number of ether oxygens (including phenoxy) is 3. The third kappa shape index (κ3) is 4.11. The van der Waals surface area contributed by atoms with Gasteiger partial charge in [0.1, 0.15) is 5.75 Å². The molecule has 0 aliphatic heterocycles. The van der Waals surface area contributed by atoms with Crippen molar-refractivity contribution in [2.45, 2.75) is 32.8 Å². The summed E-state index contributed by atoms with van der Waals surface area (Å²) in [4.78, 5) is 12.9. The zero-order valence-electron chi connectivity index (χ0n) is 16.0. The molecule has 0 bridgehead atoms. The second-order valence-corrected chi connectivity index (χ2v) is 7.13. The smallest absolute Gasteiger partial charge is 0.189 e. The molecule has 1 aliphatic rings. The van der Waals surface area contributed by atoms with Crippen LogP contribution in [0.1, 0.15) is 41.8 Å². The van der Waals surface area contributed by atoms with E-state index in [1.165, 1.54) is 0 Å². The maximum absolute atomic E-state index is 12.9. The fourth-order valence-electron chi connectivity index (χ4n) is 3.19. The van der Waals surface area contributed by atoms with Crippen molar-refractivity contribution < 1.29 is 19.0 Å². The maximum Gasteiger partial charge on any atom is 0.189 e. The fourth-order valence-corrected chi connectivity index (χ4v) is 3.46. The molecule has 27 heavy (non-hydrogen) atoms. The van der Waals surface area contributed by atoms with Crippen LogP contribution in [0.5, 0.6) is 17.2 Å². The number of ketones is 1. The van der Waals surface area contributed by atoms with E-state index in [4.69, 9.17) is 25.8 Å². The Hall–Kier alpha value is -2.46. The van der Waals surface area contributed by atoms with E-state index in [2.05, 4.69) is 0 Å². The number of carbonyl (C=O) groups is 1. The number of hydrogen-bond acceptors (Lipinski definition) is 4. The summed E-state index contributed by atoms with van der Waals surface area (Å²) in [6, 6.07) is 9.22. The largest absolute Gasteiger partial charge is 0.497 e. The Kier molecular flexibility index (Phi) is 5.76. The monoisotopic (exact) mass is 386 g/mol. The molecule has 0 spiro atoms. The molecule has 2 aromatic rings. The Morgan fingerprint density at radius 3 is 2.52 bits per heavy atom. The van der Waals surface area contributed by atoms with Gasteiger partial charge in [0.15, 0.2) is 17.3 Å². The molecule has 2 aromatic carbocycles. The SMILES string of the molecule is COc1ccc2c(c1)CC/C(=C/c1cc(Cl)c(OC(C)C)c(OC)c1)C2=O. The van der Waals surface area contributed by atoms with Gasteiger partial charge in [-0.15, -0.1) is 0 Å². The van der Waals surface area contributed by atoms with Crippen LogP contribution in [0, 0.1) is 0 Å². The summed E-state index contributed by atoms with van der Waals surface area (Å²) in [6.07, 6.45) is 3.32. The van der Waals surface area contributed by atoms with E-state index in [1.807, 2.05) is 44.2 Å². The molecule has 1 aliphatic carbocycles. The Morgan fingerprint density at radius 2 is 1.85 bits per heavy atom. The van der Waals surface area contributed by atoms with Crippen molar-refractivity contribution in [2.24, 2.45) is 0 Å². The van der Waals surface area contributed by atoms with Crippen LogP contribution in [0.3, 0.4) is 0 Å². The molecule has 0 saturated carbocycles. The predicted octanol–water partition coefficient (Wildman–Crippen LogP) is 5.36. The standard InChI is InChI=1S/C22H23ClO4/c1-13(2)27-22-19(23)10-14(11-20(22)26-4)9-16-6-5-15-12-17(25-3)7-8-18(15)21(16)24/h7-13H,5-6H2,1-4H3/b16-9-. The molecule has 0 N–H and O–H groups in total. The summed E-state index contributed by atoms with van der Waals surface area (Å²) in [6.45, 7) is 3.86. The number of carbonyl (C=O) groups excluding carboxylic acids is 1. The highest BCUT2D eigenvalue weighted by molar-refractivity contribution is 6.32. The zero-order valence-corrected chi connectivity index (χ0v) is 16.7. The van der Waals surface area contributed by atoms with E-state index < -0.39 is 0 Å². The number of Topliss-reactive ketones (excluding diaryl/α,β-unsaturated/α-hetero) is 1. The van der Waals surface area contributed by atoms with Gasteiger partial charge in [-0.05, 0) is 74.2 Å². The van der Waals surface area contributed by atoms with Crippen molar-refractivity contribution >= 4 is 23.5 Å². The van der Waals surface area contributed by atoms with Crippen LogP contribution >= 0.6 is 11.6 Å². The van der Waals surface area contributed by atoms with Crippen molar-refractivity contribution in [3.8, 4) is 17.2 Å². The number of allylic oxidation sites excluding steroid dienone is 1. The van der Waals surface area contributed by atoms with Crippen LogP contribution in [-0.2, 0) is 6.42 Å². The lowest BCUT2D eigenvalue weighted by atomic mass is 9.86. The minimum atomic E-state index is -0.0194. The minimum Gasteiger partial charge on any atom is -0.497 e. The van der Waals surface area contributed by atoms with E-state index in [1.54, 1.807) is 20.3 Å². The van der Waals surface area contributed by atoms with Crippen molar-refractivity contribution in [2.75, 3.05) is 14.2 Å². The highest BCUT2D eigenvalue weighted by atomic mass is 35.5. The molecule has 3 rings (SSSR count). The fraction of sp³-hybridized carbons (Fsp3) is 0.318. The number of rotatable bonds is 5. The molecule has 0 amide bonds. The number of halogens is 1. The van der Waals surface area contributed by atoms with Gasteiger partial charge in [0.25, 0.3) is 0 Å². The first-order valence-corrected chi connectivity index (χ1v) is 9.27. The topological polar surface area (TPSA) is 44.8 Å². The minimum absolute atomic E-state index is 0.0194. The van der Waals surface area contributed by atoms with Crippen LogP contribution in [0.15, 0.2) is 35.9 Å². The van der Waals surface area contributed by atoms with Gasteiger partial charge >= 0.3 is 0 Å². The summed E-state index contributed by atoms with van der Waals surface area (Å²) in [7, 11) is 3.20. The number of hydrogen-bond donors (Lipinski definition) is 0. The van der Waals surface area contributed by atoms with Crippen molar-refractivity contribution in [3.63, 3.8) is 0 Å². The van der Waals surface area contributed by atoms with Gasteiger partial charge in [0, 0.05) is 11.1 Å². The second-order valence-electron chi connectivity index (χ2n) is 6.72. The van der Waals surface area contributed by atoms with Gasteiger partial charge in [-0.25, -0.2) is 0 Å². The van der Waals surface area contributed by atoms with Crippen molar-refractivity contribution in [1.82, 2.24) is 0 Å². The number of fused-ring (bicyclic) bond motifs is 1. The van der Waals surface area contributed by atoms with Gasteiger partial charge in [-0.2, -0.15) is 0 Å². The maximum atomic E-state index is 12.9. The van der Waals surface area contributed by atoms with Crippen LogP contribution < -0.4 is 14.2 Å². The summed E-state index contributed by atoms with van der Waals surface area (Å²) >= 11 is 6.39. The molecule has 0 aromatic heterocycles. The summed E-state index contributed by atoms with van der Waals surface area (Å²) < 4.78 is 16.4. The van der Waals surface area contributed by atoms with Gasteiger partial charge < -0.3 is 14.2 Å². The van der Waals surface area contributed by atoms with E-state index in [-0.39, 0.29) is 11.9 Å². The lowest BCUT2D eigenvalue weighted by Crippen LogP contribution is -2.14. The lowest BCUT2D eigenvalue weighted by molar-refractivity contribution is 0.102. The van der Waals surface area contributed by atoms with Crippen LogP contribution in [0.25, 0.3) is 6.08 Å². The molecule has 0 saturated heterocycles. The van der Waals surface area contributed by atoms with Crippen molar-refractivity contribution in [1.29, 1.82) is 0 Å². The first kappa shape index (κ1) is 19.3. The summed E-state index contributed by atoms with van der Waals surface area (Å²) in [5, 5.41) is 0.461. The molecule has 0 unspecified atom stereocenters. The summed E-state index contributed by atoms with van der Waals surface area (Å²) in [5.41, 5.74) is 3.32. The van der Waals surface area contributed by atoms with E-state index in [9.17, 15) is 4.79 Å². The molecule has 0 fully saturated rings. The van der Waals surface area contributed by atoms with Crippen LogP contribution in [-0.4, -0.2) is 26.1 Å². The number of benzene rings is 2. The number of aryl methyl sites for hydroxylation is 1. The lowest BCUT2D eigenvalue weighted by Gasteiger charge is -2.19. The Bertz CT molecular complexity index is 899. The molecule has 4 nitrogen and oxygen atoms in total. The highest BCUT2D eigenvalue weighted by Crippen LogP contribution is 2.38. The zero-order chi connectivity index (χ0) is 19.6. The molecular weight excluding hydrogens is 364 g/mol. The Balaban J connectivity index is 1.95. The molecular formula is C22H23ClO4. The van der Waals surface area contributed by atoms with Gasteiger partial charge in [0.05, 0.1) is 25.3 Å². The van der Waals surface area contributed by atoms with Gasteiger partial charge in [-0.1, -0.05) is 11.6 Å². The van der Waals surface area contributed by atoms with Crippen LogP contribution in [0.2, 0.25) is 5.02 Å². The molecule has 5 heteroatoms. The molecule has 142 valence electrons. The first-order valence-electron chi connectivity index (χ1n) is 8.89. The Morgan fingerprint density at radius 1 is 1.07 bits per heavy atom. The quantitative estimate of drug-likeness (QED) is 0.649. The second kappa shape index (κ2) is 8.05. The predicted molar refractivity (Wildman–Crippen MR) is 107 cm³/mol. The molecule has 0 atom stereocenters.